The highest BCUT2D eigenvalue weighted by atomic mass is 35.5. The molecule has 2 aromatic carbocycles. The maximum Gasteiger partial charge on any atom is 0.0465 e. The van der Waals surface area contributed by atoms with Gasteiger partial charge in [-0.05, 0) is 53.9 Å². The molecule has 1 N–H and O–H groups in total. The summed E-state index contributed by atoms with van der Waals surface area (Å²) in [4.78, 5) is 0. The normalized spacial score (nSPS) is 22.5. The number of hydrogen-bond acceptors (Lipinski definition) is 1. The summed E-state index contributed by atoms with van der Waals surface area (Å²) in [5, 5.41) is 10.5. The van der Waals surface area contributed by atoms with E-state index < -0.39 is 0 Å². The number of aliphatic hydroxyl groups is 1. The highest BCUT2D eigenvalue weighted by Crippen LogP contribution is 2.52. The molecule has 0 heterocycles. The quantitative estimate of drug-likeness (QED) is 0.869. The van der Waals surface area contributed by atoms with Gasteiger partial charge in [0.05, 0.1) is 0 Å². The van der Waals surface area contributed by atoms with Crippen molar-refractivity contribution in [2.45, 2.75) is 18.8 Å². The number of hydrogen-bond donors (Lipinski definition) is 1. The number of benzene rings is 2. The summed E-state index contributed by atoms with van der Waals surface area (Å²) in [5.41, 5.74) is 2.62. The molecule has 20 heavy (non-hydrogen) atoms. The van der Waals surface area contributed by atoms with Gasteiger partial charge in [0.2, 0.25) is 0 Å². The van der Waals surface area contributed by atoms with Gasteiger partial charge >= 0.3 is 0 Å². The molecular weight excluding hydrogens is 268 g/mol. The predicted octanol–water partition coefficient (Wildman–Crippen LogP) is 4.29. The lowest BCUT2D eigenvalue weighted by Crippen LogP contribution is -2.13. The fourth-order valence-electron chi connectivity index (χ4n) is 3.14. The lowest BCUT2D eigenvalue weighted by Gasteiger charge is -2.14. The lowest BCUT2D eigenvalue weighted by molar-refractivity contribution is 0.207. The highest BCUT2D eigenvalue weighted by Gasteiger charge is 2.43. The first-order valence-electron chi connectivity index (χ1n) is 7.18. The van der Waals surface area contributed by atoms with Crippen molar-refractivity contribution in [1.29, 1.82) is 0 Å². The first-order valence-corrected chi connectivity index (χ1v) is 7.56. The van der Waals surface area contributed by atoms with Crippen molar-refractivity contribution in [2.75, 3.05) is 6.61 Å². The summed E-state index contributed by atoms with van der Waals surface area (Å²) >= 11 is 6.03. The molecule has 1 saturated carbocycles. The molecule has 3 unspecified atom stereocenters. The first-order chi connectivity index (χ1) is 9.78. The molecule has 0 aromatic heterocycles. The zero-order chi connectivity index (χ0) is 13.9. The summed E-state index contributed by atoms with van der Waals surface area (Å²) in [7, 11) is 0. The van der Waals surface area contributed by atoms with Crippen LogP contribution in [0.4, 0.5) is 0 Å². The predicted molar refractivity (Wildman–Crippen MR) is 83.0 cm³/mol. The monoisotopic (exact) mass is 286 g/mol. The van der Waals surface area contributed by atoms with E-state index in [1.54, 1.807) is 0 Å². The van der Waals surface area contributed by atoms with E-state index in [4.69, 9.17) is 11.6 Å². The van der Waals surface area contributed by atoms with Gasteiger partial charge in [-0.25, -0.2) is 0 Å². The van der Waals surface area contributed by atoms with Gasteiger partial charge in [-0.15, -0.1) is 0 Å². The molecule has 2 heteroatoms. The molecular formula is C18H19ClO. The Labute approximate surface area is 125 Å². The van der Waals surface area contributed by atoms with E-state index in [0.717, 1.165) is 11.4 Å². The van der Waals surface area contributed by atoms with Crippen LogP contribution >= 0.6 is 11.6 Å². The Morgan fingerprint density at radius 2 is 1.90 bits per heavy atom. The molecule has 1 aliphatic rings. The summed E-state index contributed by atoms with van der Waals surface area (Å²) in [5.74, 6) is 1.55. The minimum absolute atomic E-state index is 0.251. The van der Waals surface area contributed by atoms with Gasteiger partial charge in [-0.3, -0.25) is 0 Å². The van der Waals surface area contributed by atoms with Gasteiger partial charge < -0.3 is 5.11 Å². The molecule has 0 saturated heterocycles. The maximum absolute atomic E-state index is 9.70. The highest BCUT2D eigenvalue weighted by molar-refractivity contribution is 6.30. The Hall–Kier alpha value is -1.31. The molecule has 1 fully saturated rings. The standard InChI is InChI=1S/C18H19ClO/c19-16-8-4-5-13(10-16)9-15(12-20)18-11-17(18)14-6-2-1-3-7-14/h1-8,10,15,17-18,20H,9,11-12H2. The fraction of sp³-hybridized carbons (Fsp3) is 0.333. The van der Waals surface area contributed by atoms with E-state index in [2.05, 4.69) is 36.4 Å². The van der Waals surface area contributed by atoms with Gasteiger partial charge in [-0.2, -0.15) is 0 Å². The summed E-state index contributed by atoms with van der Waals surface area (Å²) in [6.07, 6.45) is 2.10. The van der Waals surface area contributed by atoms with Crippen molar-refractivity contribution in [3.8, 4) is 0 Å². The second kappa shape index (κ2) is 5.99. The van der Waals surface area contributed by atoms with Crippen molar-refractivity contribution in [2.24, 2.45) is 11.8 Å². The van der Waals surface area contributed by atoms with E-state index >= 15 is 0 Å². The first kappa shape index (κ1) is 13.7. The third-order valence-electron chi connectivity index (χ3n) is 4.29. The minimum atomic E-state index is 0.251. The van der Waals surface area contributed by atoms with Crippen molar-refractivity contribution in [1.82, 2.24) is 0 Å². The Bertz CT molecular complexity index is 567. The molecule has 3 atom stereocenters. The zero-order valence-corrected chi connectivity index (χ0v) is 12.1. The van der Waals surface area contributed by atoms with Crippen LogP contribution in [0.25, 0.3) is 0 Å². The van der Waals surface area contributed by atoms with Crippen molar-refractivity contribution in [3.63, 3.8) is 0 Å². The Balaban J connectivity index is 1.67. The molecule has 1 aliphatic carbocycles. The van der Waals surface area contributed by atoms with Crippen LogP contribution in [-0.4, -0.2) is 11.7 Å². The van der Waals surface area contributed by atoms with E-state index in [9.17, 15) is 5.11 Å². The summed E-state index contributed by atoms with van der Waals surface area (Å²) < 4.78 is 0. The van der Waals surface area contributed by atoms with Gasteiger partial charge in [0.25, 0.3) is 0 Å². The third-order valence-corrected chi connectivity index (χ3v) is 4.53. The second-order valence-electron chi connectivity index (χ2n) is 5.69. The van der Waals surface area contributed by atoms with E-state index in [1.165, 1.54) is 17.5 Å². The fourth-order valence-corrected chi connectivity index (χ4v) is 3.35. The lowest BCUT2D eigenvalue weighted by atomic mass is 9.93. The van der Waals surface area contributed by atoms with Crippen LogP contribution in [0.3, 0.4) is 0 Å². The van der Waals surface area contributed by atoms with Crippen molar-refractivity contribution in [3.05, 3.63) is 70.7 Å². The van der Waals surface area contributed by atoms with Crippen LogP contribution in [-0.2, 0) is 6.42 Å². The number of rotatable bonds is 5. The topological polar surface area (TPSA) is 20.2 Å². The zero-order valence-electron chi connectivity index (χ0n) is 11.4. The van der Waals surface area contributed by atoms with Crippen LogP contribution in [0.1, 0.15) is 23.5 Å². The van der Waals surface area contributed by atoms with E-state index in [0.29, 0.717) is 17.8 Å². The van der Waals surface area contributed by atoms with E-state index in [-0.39, 0.29) is 6.61 Å². The molecule has 3 rings (SSSR count). The Morgan fingerprint density at radius 1 is 1.10 bits per heavy atom. The second-order valence-corrected chi connectivity index (χ2v) is 6.13. The molecule has 2 aromatic rings. The van der Waals surface area contributed by atoms with Gasteiger partial charge in [-0.1, -0.05) is 54.1 Å². The molecule has 0 radical (unpaired) electrons. The number of aliphatic hydroxyl groups excluding tert-OH is 1. The molecule has 0 spiro atoms. The van der Waals surface area contributed by atoms with Crippen LogP contribution < -0.4 is 0 Å². The van der Waals surface area contributed by atoms with Crippen LogP contribution in [0.15, 0.2) is 54.6 Å². The number of halogens is 1. The smallest absolute Gasteiger partial charge is 0.0465 e. The average molecular weight is 287 g/mol. The molecule has 1 nitrogen and oxygen atoms in total. The Kier molecular flexibility index (Phi) is 4.09. The third kappa shape index (κ3) is 3.05. The van der Waals surface area contributed by atoms with Crippen molar-refractivity contribution < 1.29 is 5.11 Å². The van der Waals surface area contributed by atoms with Crippen LogP contribution in [0.5, 0.6) is 0 Å². The largest absolute Gasteiger partial charge is 0.396 e. The van der Waals surface area contributed by atoms with Crippen LogP contribution in [0.2, 0.25) is 5.02 Å². The minimum Gasteiger partial charge on any atom is -0.396 e. The summed E-state index contributed by atoms with van der Waals surface area (Å²) in [6, 6.07) is 18.6. The molecule has 0 amide bonds. The Morgan fingerprint density at radius 3 is 2.60 bits per heavy atom. The summed E-state index contributed by atoms with van der Waals surface area (Å²) in [6.45, 7) is 0.251. The van der Waals surface area contributed by atoms with Crippen molar-refractivity contribution >= 4 is 11.6 Å². The molecule has 0 bridgehead atoms. The van der Waals surface area contributed by atoms with E-state index in [1.807, 2.05) is 18.2 Å². The van der Waals surface area contributed by atoms with Crippen LogP contribution in [0, 0.1) is 11.8 Å². The SMILES string of the molecule is OCC(Cc1cccc(Cl)c1)C1CC1c1ccccc1. The molecule has 104 valence electrons. The van der Waals surface area contributed by atoms with Gasteiger partial charge in [0.1, 0.15) is 0 Å². The van der Waals surface area contributed by atoms with Gasteiger partial charge in [0, 0.05) is 11.6 Å². The average Bonchev–Trinajstić information content (AvgIpc) is 3.26. The maximum atomic E-state index is 9.70. The van der Waals surface area contributed by atoms with Gasteiger partial charge in [0.15, 0.2) is 0 Å². The molecule has 0 aliphatic heterocycles.